The maximum absolute atomic E-state index is 14.3. The van der Waals surface area contributed by atoms with Crippen LogP contribution < -0.4 is 27.0 Å². The normalized spacial score (nSPS) is 16.5. The first-order valence-corrected chi connectivity index (χ1v) is 24.6. The van der Waals surface area contributed by atoms with E-state index in [4.69, 9.17) is 15.2 Å². The number of hydrogen-bond donors (Lipinski definition) is 6. The molecule has 0 radical (unpaired) electrons. The number of primary amides is 1. The number of aliphatic hydroxyl groups excluding tert-OH is 1. The summed E-state index contributed by atoms with van der Waals surface area (Å²) in [6.07, 6.45) is -2.24. The quantitative estimate of drug-likeness (QED) is 0.0783. The molecule has 398 valence electrons. The molecule has 72 heavy (non-hydrogen) atoms. The molecule has 0 saturated carbocycles. The minimum atomic E-state index is -1.56. The third kappa shape index (κ3) is 18.6. The number of alkyl carbamates (subject to hydrolysis) is 1. The topological polar surface area (TPSA) is 276 Å². The van der Waals surface area contributed by atoms with Gasteiger partial charge in [0.1, 0.15) is 41.9 Å². The number of ether oxygens (including phenoxy) is 2. The van der Waals surface area contributed by atoms with E-state index in [-0.39, 0.29) is 38.0 Å². The first-order chi connectivity index (χ1) is 33.7. The van der Waals surface area contributed by atoms with E-state index in [1.807, 2.05) is 44.2 Å². The molecule has 7 N–H and O–H groups in total. The first kappa shape index (κ1) is 59.7. The van der Waals surface area contributed by atoms with Crippen molar-refractivity contribution in [1.82, 2.24) is 36.0 Å². The van der Waals surface area contributed by atoms with Gasteiger partial charge in [-0.05, 0) is 82.8 Å². The summed E-state index contributed by atoms with van der Waals surface area (Å²) in [5.74, 6) is -5.80. The number of amides is 8. The lowest BCUT2D eigenvalue weighted by Crippen LogP contribution is -2.59. The number of nitrogens with two attached hydrogens (primary N) is 1. The third-order valence-corrected chi connectivity index (χ3v) is 12.3. The number of benzene rings is 2. The Balaban J connectivity index is 1.84. The molecule has 0 bridgehead atoms. The number of likely N-dealkylation sites (N-methyl/N-ethyl adjacent to an activating group) is 2. The number of nitrogens with zero attached hydrogens (tertiary/aromatic N) is 3. The van der Waals surface area contributed by atoms with Crippen LogP contribution in [0.5, 0.6) is 0 Å². The van der Waals surface area contributed by atoms with Crippen LogP contribution >= 0.6 is 0 Å². The second kappa shape index (κ2) is 27.9. The van der Waals surface area contributed by atoms with Gasteiger partial charge in [-0.25, -0.2) is 9.59 Å². The van der Waals surface area contributed by atoms with Gasteiger partial charge in [0.05, 0.1) is 25.7 Å². The molecular weight excluding hydrogens is 929 g/mol. The Labute approximate surface area is 423 Å². The predicted molar refractivity (Wildman–Crippen MR) is 268 cm³/mol. The summed E-state index contributed by atoms with van der Waals surface area (Å²) >= 11 is 0. The number of carbonyl (C=O) groups excluding carboxylic acids is 9. The fourth-order valence-electron chi connectivity index (χ4n) is 8.48. The molecule has 1 aliphatic heterocycles. The summed E-state index contributed by atoms with van der Waals surface area (Å²) in [5, 5.41) is 22.5. The molecule has 20 nitrogen and oxygen atoms in total. The number of rotatable bonds is 25. The van der Waals surface area contributed by atoms with Gasteiger partial charge in [0.25, 0.3) is 0 Å². The van der Waals surface area contributed by atoms with Crippen LogP contribution in [-0.4, -0.2) is 155 Å². The number of nitrogens with one attached hydrogen (secondary N) is 4. The Kier molecular flexibility index (Phi) is 23.1. The highest BCUT2D eigenvalue weighted by molar-refractivity contribution is 5.95. The van der Waals surface area contributed by atoms with Gasteiger partial charge in [-0.1, -0.05) is 88.4 Å². The fourth-order valence-corrected chi connectivity index (χ4v) is 8.48. The Morgan fingerprint density at radius 2 is 1.35 bits per heavy atom. The monoisotopic (exact) mass is 1010 g/mol. The highest BCUT2D eigenvalue weighted by Crippen LogP contribution is 2.23. The lowest BCUT2D eigenvalue weighted by atomic mass is 9.97. The van der Waals surface area contributed by atoms with Crippen molar-refractivity contribution in [2.45, 2.75) is 161 Å². The summed E-state index contributed by atoms with van der Waals surface area (Å²) in [6.45, 7) is 13.8. The van der Waals surface area contributed by atoms with Crippen molar-refractivity contribution in [2.75, 3.05) is 27.7 Å². The van der Waals surface area contributed by atoms with E-state index in [2.05, 4.69) is 21.3 Å². The number of hydrogen-bond acceptors (Lipinski definition) is 12. The Morgan fingerprint density at radius 3 is 1.88 bits per heavy atom. The average molecular weight is 1010 g/mol. The Bertz CT molecular complexity index is 2170. The zero-order valence-electron chi connectivity index (χ0n) is 43.8. The van der Waals surface area contributed by atoms with E-state index in [9.17, 15) is 48.3 Å². The summed E-state index contributed by atoms with van der Waals surface area (Å²) in [4.78, 5) is 126. The molecule has 8 atom stereocenters. The molecule has 2 aromatic carbocycles. The van der Waals surface area contributed by atoms with Crippen LogP contribution in [0.1, 0.15) is 105 Å². The minimum Gasteiger partial charge on any atom is -0.467 e. The standard InChI is InChI=1S/C52H78N8O12/c1-31(2)27-37(45(64)54-33(5)47(66)59(10)40(29-35-21-16-13-17-22-35)48(67)60-26-18-23-39(60)50(69)71-11)55-43(63)30-41(61)36(28-34-19-14-12-15-20-34)56-46(65)38(24-25-42(53)62)58(9)49(68)44(32(3)4)57-51(70)72-52(6,7)8/h12-17,19-22,31-33,36-41,44,61H,18,23-30H2,1-11H3,(H2,53,62)(H,54,64)(H,55,63)(H,56,65)(H,57,70)/t33-,36-,37-,38-,39+,40+,41-,44-/m0/s1. The number of esters is 1. The SMILES string of the molecule is COC(=O)[C@H]1CCCN1C(=O)[C@@H](Cc1ccccc1)N(C)C(=O)[C@H](C)NC(=O)[C@H](CC(C)C)NC(=O)C[C@H](O)[C@H](Cc1ccccc1)NC(=O)[C@H](CCC(N)=O)N(C)C(=O)[C@@H](NC(=O)OC(C)(C)C)C(C)C. The zero-order chi connectivity index (χ0) is 54.0. The predicted octanol–water partition coefficient (Wildman–Crippen LogP) is 2.38. The van der Waals surface area contributed by atoms with Crippen molar-refractivity contribution in [3.05, 3.63) is 71.8 Å². The molecule has 0 unspecified atom stereocenters. The Morgan fingerprint density at radius 1 is 0.778 bits per heavy atom. The van der Waals surface area contributed by atoms with Crippen molar-refractivity contribution < 1.29 is 57.7 Å². The molecule has 0 spiro atoms. The fraction of sp³-hybridized carbons (Fsp3) is 0.596. The molecule has 1 heterocycles. The van der Waals surface area contributed by atoms with Gasteiger partial charge in [-0.15, -0.1) is 0 Å². The maximum atomic E-state index is 14.3. The number of carbonyl (C=O) groups is 9. The number of aliphatic hydroxyl groups is 1. The van der Waals surface area contributed by atoms with Gasteiger partial charge in [0.15, 0.2) is 0 Å². The van der Waals surface area contributed by atoms with Gasteiger partial charge in [-0.3, -0.25) is 33.6 Å². The van der Waals surface area contributed by atoms with E-state index in [0.29, 0.717) is 24.9 Å². The Hall–Kier alpha value is -6.57. The van der Waals surface area contributed by atoms with Crippen LogP contribution in [0.3, 0.4) is 0 Å². The van der Waals surface area contributed by atoms with Crippen LogP contribution in [0.25, 0.3) is 0 Å². The van der Waals surface area contributed by atoms with E-state index in [0.717, 1.165) is 10.5 Å². The van der Waals surface area contributed by atoms with Gasteiger partial charge in [0.2, 0.25) is 41.4 Å². The van der Waals surface area contributed by atoms with Crippen molar-refractivity contribution >= 4 is 53.4 Å². The minimum absolute atomic E-state index is 0.0218. The van der Waals surface area contributed by atoms with Gasteiger partial charge in [0, 0.05) is 33.5 Å². The van der Waals surface area contributed by atoms with Gasteiger partial charge in [-0.2, -0.15) is 0 Å². The highest BCUT2D eigenvalue weighted by atomic mass is 16.6. The summed E-state index contributed by atoms with van der Waals surface area (Å²) in [7, 11) is 4.06. The van der Waals surface area contributed by atoms with E-state index in [1.54, 1.807) is 65.0 Å². The average Bonchev–Trinajstić information content (AvgIpc) is 3.81. The van der Waals surface area contributed by atoms with Crippen molar-refractivity contribution in [2.24, 2.45) is 17.6 Å². The highest BCUT2D eigenvalue weighted by Gasteiger charge is 2.42. The summed E-state index contributed by atoms with van der Waals surface area (Å²) in [6, 6.07) is 10.1. The van der Waals surface area contributed by atoms with Gasteiger partial charge >= 0.3 is 12.1 Å². The van der Waals surface area contributed by atoms with Crippen molar-refractivity contribution in [3.8, 4) is 0 Å². The van der Waals surface area contributed by atoms with Crippen LogP contribution in [0.4, 0.5) is 4.79 Å². The van der Waals surface area contributed by atoms with E-state index < -0.39 is 120 Å². The smallest absolute Gasteiger partial charge is 0.408 e. The maximum Gasteiger partial charge on any atom is 0.408 e. The van der Waals surface area contributed by atoms with E-state index >= 15 is 0 Å². The lowest BCUT2D eigenvalue weighted by molar-refractivity contribution is -0.154. The van der Waals surface area contributed by atoms with Crippen LogP contribution in [-0.2, 0) is 60.7 Å². The molecule has 1 saturated heterocycles. The number of likely N-dealkylation sites (tertiary alicyclic amines) is 1. The molecule has 0 aromatic heterocycles. The molecule has 1 aliphatic rings. The second-order valence-corrected chi connectivity index (χ2v) is 20.3. The molecule has 0 aliphatic carbocycles. The molecule has 3 rings (SSSR count). The van der Waals surface area contributed by atoms with Crippen molar-refractivity contribution in [3.63, 3.8) is 0 Å². The van der Waals surface area contributed by atoms with Crippen LogP contribution in [0.15, 0.2) is 60.7 Å². The van der Waals surface area contributed by atoms with Crippen LogP contribution in [0, 0.1) is 11.8 Å². The first-order valence-electron chi connectivity index (χ1n) is 24.6. The molecule has 2 aromatic rings. The third-order valence-electron chi connectivity index (χ3n) is 12.3. The molecular formula is C52H78N8O12. The zero-order valence-corrected chi connectivity index (χ0v) is 43.8. The lowest BCUT2D eigenvalue weighted by Gasteiger charge is -2.34. The van der Waals surface area contributed by atoms with E-state index in [1.165, 1.54) is 37.9 Å². The summed E-state index contributed by atoms with van der Waals surface area (Å²) in [5.41, 5.74) is 6.07. The molecule has 20 heteroatoms. The largest absolute Gasteiger partial charge is 0.467 e. The van der Waals surface area contributed by atoms with Crippen LogP contribution in [0.2, 0.25) is 0 Å². The second-order valence-electron chi connectivity index (χ2n) is 20.3. The molecule has 1 fully saturated rings. The van der Waals surface area contributed by atoms with Crippen molar-refractivity contribution in [1.29, 1.82) is 0 Å². The summed E-state index contributed by atoms with van der Waals surface area (Å²) < 4.78 is 10.3. The number of methoxy groups -OCH3 is 1. The van der Waals surface area contributed by atoms with Gasteiger partial charge < -0.3 is 56.3 Å². The molecule has 8 amide bonds.